The highest BCUT2D eigenvalue weighted by Gasteiger charge is 2.09. The molecule has 0 unspecified atom stereocenters. The summed E-state index contributed by atoms with van der Waals surface area (Å²) in [5.41, 5.74) is 0.729. The largest absolute Gasteiger partial charge is 0.357 e. The zero-order valence-electron chi connectivity index (χ0n) is 12.3. The summed E-state index contributed by atoms with van der Waals surface area (Å²) < 4.78 is 0. The molecule has 1 aromatic heterocycles. The van der Waals surface area contributed by atoms with E-state index in [0.717, 1.165) is 24.6 Å². The van der Waals surface area contributed by atoms with Crippen LogP contribution in [0.1, 0.15) is 19.7 Å². The molecule has 4 nitrogen and oxygen atoms in total. The highest BCUT2D eigenvalue weighted by Crippen LogP contribution is 2.31. The number of nitrogens with zero attached hydrogens (tertiary/aromatic N) is 3. The molecule has 0 saturated carbocycles. The minimum atomic E-state index is 0.486. The molecule has 6 heteroatoms. The van der Waals surface area contributed by atoms with E-state index in [1.54, 1.807) is 6.07 Å². The van der Waals surface area contributed by atoms with Gasteiger partial charge in [0.1, 0.15) is 17.5 Å². The fraction of sp³-hybridized carbons (Fsp3) is 0.333. The summed E-state index contributed by atoms with van der Waals surface area (Å²) in [4.78, 5) is 11.0. The number of hydrogen-bond acceptors (Lipinski definition) is 4. The first-order valence-electron chi connectivity index (χ1n) is 6.86. The predicted molar refractivity (Wildman–Crippen MR) is 90.1 cm³/mol. The molecule has 1 heterocycles. The Balaban J connectivity index is 2.34. The number of benzene rings is 1. The van der Waals surface area contributed by atoms with Crippen molar-refractivity contribution >= 4 is 40.5 Å². The van der Waals surface area contributed by atoms with E-state index < -0.39 is 0 Å². The monoisotopic (exact) mass is 324 g/mol. The first-order valence-corrected chi connectivity index (χ1v) is 7.62. The van der Waals surface area contributed by atoms with Gasteiger partial charge < -0.3 is 10.2 Å². The van der Waals surface area contributed by atoms with Gasteiger partial charge in [-0.25, -0.2) is 9.97 Å². The highest BCUT2D eigenvalue weighted by molar-refractivity contribution is 6.43. The highest BCUT2D eigenvalue weighted by atomic mass is 35.5. The third-order valence-corrected chi connectivity index (χ3v) is 3.95. The number of rotatable bonds is 5. The van der Waals surface area contributed by atoms with Crippen LogP contribution in [0.3, 0.4) is 0 Å². The molecule has 0 fully saturated rings. The lowest BCUT2D eigenvalue weighted by Crippen LogP contribution is -2.23. The molecule has 0 aliphatic rings. The summed E-state index contributed by atoms with van der Waals surface area (Å²) in [6.45, 7) is 7.86. The van der Waals surface area contributed by atoms with Crippen LogP contribution in [0.25, 0.3) is 0 Å². The molecule has 0 aliphatic heterocycles. The SMILES string of the molecule is CCN(CC)c1cc(Nc2cccc(Cl)c2Cl)nc(C)n1. The first-order chi connectivity index (χ1) is 10.0. The number of aryl methyl sites for hydroxylation is 1. The molecule has 0 saturated heterocycles. The summed E-state index contributed by atoms with van der Waals surface area (Å²) in [6, 6.07) is 7.37. The van der Waals surface area contributed by atoms with Crippen molar-refractivity contribution in [2.24, 2.45) is 0 Å². The molecule has 0 atom stereocenters. The molecule has 2 rings (SSSR count). The van der Waals surface area contributed by atoms with Crippen molar-refractivity contribution in [3.8, 4) is 0 Å². The molecule has 0 spiro atoms. The zero-order chi connectivity index (χ0) is 15.4. The number of nitrogens with one attached hydrogen (secondary N) is 1. The summed E-state index contributed by atoms with van der Waals surface area (Å²) in [5, 5.41) is 4.20. The molecule has 112 valence electrons. The van der Waals surface area contributed by atoms with Crippen LogP contribution in [0, 0.1) is 6.92 Å². The molecule has 0 bridgehead atoms. The predicted octanol–water partition coefficient (Wildman–Crippen LogP) is 4.68. The fourth-order valence-electron chi connectivity index (χ4n) is 2.06. The Hall–Kier alpha value is -1.52. The molecule has 1 aromatic carbocycles. The summed E-state index contributed by atoms with van der Waals surface area (Å²) in [7, 11) is 0. The second kappa shape index (κ2) is 6.96. The number of halogens is 2. The molecular weight excluding hydrogens is 307 g/mol. The maximum Gasteiger partial charge on any atom is 0.136 e. The van der Waals surface area contributed by atoms with Crippen molar-refractivity contribution in [3.63, 3.8) is 0 Å². The van der Waals surface area contributed by atoms with E-state index >= 15 is 0 Å². The van der Waals surface area contributed by atoms with Crippen LogP contribution >= 0.6 is 23.2 Å². The van der Waals surface area contributed by atoms with Gasteiger partial charge in [0.2, 0.25) is 0 Å². The van der Waals surface area contributed by atoms with Crippen LogP contribution in [0.15, 0.2) is 24.3 Å². The Bertz CT molecular complexity index is 627. The van der Waals surface area contributed by atoms with Gasteiger partial charge in [-0.1, -0.05) is 29.3 Å². The molecule has 2 aromatic rings. The van der Waals surface area contributed by atoms with Crippen LogP contribution in [-0.2, 0) is 0 Å². The lowest BCUT2D eigenvalue weighted by Gasteiger charge is -2.20. The van der Waals surface area contributed by atoms with Gasteiger partial charge in [0.15, 0.2) is 0 Å². The molecule has 0 amide bonds. The van der Waals surface area contributed by atoms with Crippen molar-refractivity contribution in [1.82, 2.24) is 9.97 Å². The number of anilines is 3. The Labute approximate surface area is 135 Å². The standard InChI is InChI=1S/C15H18Cl2N4/c1-4-21(5-2)14-9-13(18-10(3)19-14)20-12-8-6-7-11(16)15(12)17/h6-9H,4-5H2,1-3H3,(H,18,19,20). The maximum absolute atomic E-state index is 6.19. The van der Waals surface area contributed by atoms with Crippen LogP contribution in [-0.4, -0.2) is 23.1 Å². The van der Waals surface area contributed by atoms with Gasteiger partial charge in [0.05, 0.1) is 15.7 Å². The average Bonchev–Trinajstić information content (AvgIpc) is 2.45. The third-order valence-electron chi connectivity index (χ3n) is 3.13. The van der Waals surface area contributed by atoms with E-state index in [4.69, 9.17) is 23.2 Å². The van der Waals surface area contributed by atoms with Crippen molar-refractivity contribution in [2.75, 3.05) is 23.3 Å². The molecular formula is C15H18Cl2N4. The summed E-state index contributed by atoms with van der Waals surface area (Å²) >= 11 is 12.2. The van der Waals surface area contributed by atoms with E-state index in [9.17, 15) is 0 Å². The minimum absolute atomic E-state index is 0.486. The van der Waals surface area contributed by atoms with Crippen LogP contribution < -0.4 is 10.2 Å². The smallest absolute Gasteiger partial charge is 0.136 e. The lowest BCUT2D eigenvalue weighted by molar-refractivity contribution is 0.835. The second-order valence-corrected chi connectivity index (χ2v) is 5.34. The molecule has 1 N–H and O–H groups in total. The zero-order valence-corrected chi connectivity index (χ0v) is 13.8. The normalized spacial score (nSPS) is 10.5. The molecule has 21 heavy (non-hydrogen) atoms. The quantitative estimate of drug-likeness (QED) is 0.866. The van der Waals surface area contributed by atoms with Gasteiger partial charge in [-0.05, 0) is 32.9 Å². The van der Waals surface area contributed by atoms with Gasteiger partial charge in [0.25, 0.3) is 0 Å². The van der Waals surface area contributed by atoms with E-state index in [1.165, 1.54) is 0 Å². The third kappa shape index (κ3) is 3.77. The van der Waals surface area contributed by atoms with E-state index in [1.807, 2.05) is 25.1 Å². The van der Waals surface area contributed by atoms with Gasteiger partial charge >= 0.3 is 0 Å². The van der Waals surface area contributed by atoms with Crippen LogP contribution in [0.4, 0.5) is 17.3 Å². The lowest BCUT2D eigenvalue weighted by atomic mass is 10.3. The second-order valence-electron chi connectivity index (χ2n) is 4.56. The average molecular weight is 325 g/mol. The topological polar surface area (TPSA) is 41.0 Å². The van der Waals surface area contributed by atoms with E-state index in [0.29, 0.717) is 21.7 Å². The number of hydrogen-bond donors (Lipinski definition) is 1. The van der Waals surface area contributed by atoms with Crippen molar-refractivity contribution in [3.05, 3.63) is 40.1 Å². The number of aromatic nitrogens is 2. The first kappa shape index (κ1) is 15.9. The van der Waals surface area contributed by atoms with Gasteiger partial charge in [0, 0.05) is 19.2 Å². The van der Waals surface area contributed by atoms with Crippen molar-refractivity contribution < 1.29 is 0 Å². The van der Waals surface area contributed by atoms with Crippen LogP contribution in [0.2, 0.25) is 10.0 Å². The van der Waals surface area contributed by atoms with Gasteiger partial charge in [-0.3, -0.25) is 0 Å². The molecule has 0 aliphatic carbocycles. The Morgan fingerprint density at radius 1 is 1.14 bits per heavy atom. The van der Waals surface area contributed by atoms with Crippen molar-refractivity contribution in [1.29, 1.82) is 0 Å². The van der Waals surface area contributed by atoms with E-state index in [-0.39, 0.29) is 0 Å². The Morgan fingerprint density at radius 2 is 1.86 bits per heavy atom. The van der Waals surface area contributed by atoms with E-state index in [2.05, 4.69) is 34.0 Å². The Morgan fingerprint density at radius 3 is 2.52 bits per heavy atom. The van der Waals surface area contributed by atoms with Gasteiger partial charge in [-0.2, -0.15) is 0 Å². The van der Waals surface area contributed by atoms with Gasteiger partial charge in [-0.15, -0.1) is 0 Å². The Kier molecular flexibility index (Phi) is 5.26. The minimum Gasteiger partial charge on any atom is -0.357 e. The fourth-order valence-corrected chi connectivity index (χ4v) is 2.41. The van der Waals surface area contributed by atoms with Crippen LogP contribution in [0.5, 0.6) is 0 Å². The summed E-state index contributed by atoms with van der Waals surface area (Å²) in [5.74, 6) is 2.31. The summed E-state index contributed by atoms with van der Waals surface area (Å²) in [6.07, 6.45) is 0. The van der Waals surface area contributed by atoms with Crippen molar-refractivity contribution in [2.45, 2.75) is 20.8 Å². The molecule has 0 radical (unpaired) electrons. The maximum atomic E-state index is 6.19.